The summed E-state index contributed by atoms with van der Waals surface area (Å²) in [5.41, 5.74) is 1.74. The van der Waals surface area contributed by atoms with E-state index in [2.05, 4.69) is 26.9 Å². The molecule has 2 aromatic heterocycles. The normalized spacial score (nSPS) is 20.6. The third kappa shape index (κ3) is 2.98. The average Bonchev–Trinajstić information content (AvgIpc) is 2.93. The standard InChI is InChI=1S/C14H18N4O/c1-18-5-2-3-11(10-18)7-12-8-15-9-13(17-12)14-16-4-6-19-14/h4,6,8-9,11H,2-3,5,7,10H2,1H3/t11-/m0/s1. The molecule has 19 heavy (non-hydrogen) atoms. The van der Waals surface area contributed by atoms with Gasteiger partial charge in [0.1, 0.15) is 12.0 Å². The minimum absolute atomic E-state index is 0.537. The van der Waals surface area contributed by atoms with E-state index in [9.17, 15) is 0 Å². The molecule has 1 saturated heterocycles. The van der Waals surface area contributed by atoms with Crippen LogP contribution in [0, 0.1) is 5.92 Å². The van der Waals surface area contributed by atoms with Crippen molar-refractivity contribution in [3.63, 3.8) is 0 Å². The minimum Gasteiger partial charge on any atom is -0.443 e. The Bertz CT molecular complexity index is 526. The van der Waals surface area contributed by atoms with Crippen molar-refractivity contribution in [2.24, 2.45) is 5.92 Å². The molecule has 0 unspecified atom stereocenters. The van der Waals surface area contributed by atoms with Gasteiger partial charge < -0.3 is 9.32 Å². The molecule has 1 fully saturated rings. The smallest absolute Gasteiger partial charge is 0.246 e. The Balaban J connectivity index is 1.73. The molecular weight excluding hydrogens is 240 g/mol. The Kier molecular flexibility index (Phi) is 3.55. The lowest BCUT2D eigenvalue weighted by molar-refractivity contribution is 0.208. The van der Waals surface area contributed by atoms with E-state index in [0.717, 1.165) is 18.7 Å². The molecule has 3 rings (SSSR count). The van der Waals surface area contributed by atoms with Gasteiger partial charge in [-0.2, -0.15) is 0 Å². The number of rotatable bonds is 3. The largest absolute Gasteiger partial charge is 0.443 e. The van der Waals surface area contributed by atoms with Crippen molar-refractivity contribution in [1.29, 1.82) is 0 Å². The van der Waals surface area contributed by atoms with E-state index in [4.69, 9.17) is 4.42 Å². The van der Waals surface area contributed by atoms with Crippen molar-refractivity contribution in [2.75, 3.05) is 20.1 Å². The molecule has 5 heteroatoms. The van der Waals surface area contributed by atoms with Gasteiger partial charge in [0.2, 0.25) is 5.89 Å². The Morgan fingerprint density at radius 2 is 2.37 bits per heavy atom. The topological polar surface area (TPSA) is 55.1 Å². The van der Waals surface area contributed by atoms with Crippen LogP contribution in [0.4, 0.5) is 0 Å². The van der Waals surface area contributed by atoms with Gasteiger partial charge in [0.15, 0.2) is 0 Å². The molecular formula is C14H18N4O. The van der Waals surface area contributed by atoms with Crippen LogP contribution >= 0.6 is 0 Å². The summed E-state index contributed by atoms with van der Waals surface area (Å²) in [4.78, 5) is 15.3. The van der Waals surface area contributed by atoms with Gasteiger partial charge in [0.25, 0.3) is 0 Å². The minimum atomic E-state index is 0.537. The van der Waals surface area contributed by atoms with Crippen LogP contribution in [0.15, 0.2) is 29.3 Å². The zero-order valence-electron chi connectivity index (χ0n) is 11.1. The number of oxazole rings is 1. The van der Waals surface area contributed by atoms with Crippen molar-refractivity contribution in [2.45, 2.75) is 19.3 Å². The van der Waals surface area contributed by atoms with Crippen molar-refractivity contribution < 1.29 is 4.42 Å². The summed E-state index contributed by atoms with van der Waals surface area (Å²) >= 11 is 0. The molecule has 0 radical (unpaired) electrons. The number of piperidine rings is 1. The number of nitrogens with zero attached hydrogens (tertiary/aromatic N) is 4. The molecule has 5 nitrogen and oxygen atoms in total. The van der Waals surface area contributed by atoms with Crippen molar-refractivity contribution in [3.8, 4) is 11.6 Å². The summed E-state index contributed by atoms with van der Waals surface area (Å²) in [5, 5.41) is 0. The fourth-order valence-electron chi connectivity index (χ4n) is 2.69. The van der Waals surface area contributed by atoms with Crippen LogP contribution in [0.25, 0.3) is 11.6 Å². The second-order valence-electron chi connectivity index (χ2n) is 5.21. The predicted molar refractivity (Wildman–Crippen MR) is 71.5 cm³/mol. The summed E-state index contributed by atoms with van der Waals surface area (Å²) in [7, 11) is 2.18. The van der Waals surface area contributed by atoms with Crippen LogP contribution in [0.5, 0.6) is 0 Å². The molecule has 3 heterocycles. The Labute approximate surface area is 112 Å². The lowest BCUT2D eigenvalue weighted by Crippen LogP contribution is -2.33. The van der Waals surface area contributed by atoms with Gasteiger partial charge in [-0.1, -0.05) is 0 Å². The van der Waals surface area contributed by atoms with Crippen LogP contribution in [0.3, 0.4) is 0 Å². The van der Waals surface area contributed by atoms with Crippen LogP contribution < -0.4 is 0 Å². The Morgan fingerprint density at radius 3 is 3.16 bits per heavy atom. The predicted octanol–water partition coefficient (Wildman–Crippen LogP) is 2.02. The molecule has 100 valence electrons. The molecule has 0 N–H and O–H groups in total. The van der Waals surface area contributed by atoms with E-state index in [1.54, 1.807) is 18.7 Å². The summed E-state index contributed by atoms with van der Waals surface area (Å²) in [6.45, 7) is 2.35. The maximum absolute atomic E-state index is 5.26. The van der Waals surface area contributed by atoms with Crippen molar-refractivity contribution >= 4 is 0 Å². The van der Waals surface area contributed by atoms with Gasteiger partial charge in [-0.25, -0.2) is 9.97 Å². The third-order valence-corrected chi connectivity index (χ3v) is 3.56. The monoisotopic (exact) mass is 258 g/mol. The first-order valence-electron chi connectivity index (χ1n) is 6.70. The van der Waals surface area contributed by atoms with E-state index in [1.165, 1.54) is 19.4 Å². The third-order valence-electron chi connectivity index (χ3n) is 3.56. The first-order chi connectivity index (χ1) is 9.31. The first-order valence-corrected chi connectivity index (χ1v) is 6.70. The molecule has 1 aliphatic rings. The van der Waals surface area contributed by atoms with E-state index >= 15 is 0 Å². The second-order valence-corrected chi connectivity index (χ2v) is 5.21. The van der Waals surface area contributed by atoms with E-state index < -0.39 is 0 Å². The first kappa shape index (κ1) is 12.3. The van der Waals surface area contributed by atoms with Gasteiger partial charge >= 0.3 is 0 Å². The molecule has 1 atom stereocenters. The number of likely N-dealkylation sites (tertiary alicyclic amines) is 1. The number of hydrogen-bond acceptors (Lipinski definition) is 5. The lowest BCUT2D eigenvalue weighted by Gasteiger charge is -2.29. The van der Waals surface area contributed by atoms with Gasteiger partial charge in [-0.3, -0.25) is 4.98 Å². The van der Waals surface area contributed by atoms with Gasteiger partial charge in [0.05, 0.1) is 18.1 Å². The molecule has 0 saturated carbocycles. The molecule has 0 amide bonds. The van der Waals surface area contributed by atoms with Crippen molar-refractivity contribution in [3.05, 3.63) is 30.5 Å². The summed E-state index contributed by atoms with van der Waals surface area (Å²) in [6.07, 6.45) is 10.2. The Morgan fingerprint density at radius 1 is 1.42 bits per heavy atom. The quantitative estimate of drug-likeness (QED) is 0.843. The maximum atomic E-state index is 5.26. The summed E-state index contributed by atoms with van der Waals surface area (Å²) in [6, 6.07) is 0. The van der Waals surface area contributed by atoms with Crippen LogP contribution in [0.1, 0.15) is 18.5 Å². The fraction of sp³-hybridized carbons (Fsp3) is 0.500. The molecule has 0 aromatic carbocycles. The maximum Gasteiger partial charge on any atom is 0.246 e. The van der Waals surface area contributed by atoms with E-state index in [1.807, 2.05) is 6.20 Å². The number of hydrogen-bond donors (Lipinski definition) is 0. The molecule has 0 aliphatic carbocycles. The van der Waals surface area contributed by atoms with Crippen LogP contribution in [0.2, 0.25) is 0 Å². The van der Waals surface area contributed by atoms with Gasteiger partial charge in [0, 0.05) is 12.7 Å². The van der Waals surface area contributed by atoms with E-state index in [-0.39, 0.29) is 0 Å². The van der Waals surface area contributed by atoms with Gasteiger partial charge in [-0.15, -0.1) is 0 Å². The zero-order chi connectivity index (χ0) is 13.1. The van der Waals surface area contributed by atoms with Gasteiger partial charge in [-0.05, 0) is 38.8 Å². The molecule has 1 aliphatic heterocycles. The highest BCUT2D eigenvalue weighted by molar-refractivity contribution is 5.44. The van der Waals surface area contributed by atoms with E-state index in [0.29, 0.717) is 17.5 Å². The lowest BCUT2D eigenvalue weighted by atomic mass is 9.94. The van der Waals surface area contributed by atoms with Crippen LogP contribution in [-0.2, 0) is 6.42 Å². The molecule has 2 aromatic rings. The van der Waals surface area contributed by atoms with Crippen LogP contribution in [-0.4, -0.2) is 40.0 Å². The fourth-order valence-corrected chi connectivity index (χ4v) is 2.69. The SMILES string of the molecule is CN1CCC[C@@H](Cc2cncc(-c3ncco3)n2)C1. The highest BCUT2D eigenvalue weighted by atomic mass is 16.3. The molecule has 0 bridgehead atoms. The zero-order valence-corrected chi connectivity index (χ0v) is 11.1. The summed E-state index contributed by atoms with van der Waals surface area (Å²) < 4.78 is 5.26. The van der Waals surface area contributed by atoms with Crippen molar-refractivity contribution in [1.82, 2.24) is 19.9 Å². The highest BCUT2D eigenvalue weighted by Crippen LogP contribution is 2.20. The average molecular weight is 258 g/mol. The summed E-state index contributed by atoms with van der Waals surface area (Å²) in [5.74, 6) is 1.21. The Hall–Kier alpha value is -1.75. The number of aromatic nitrogens is 3. The second kappa shape index (κ2) is 5.48. The highest BCUT2D eigenvalue weighted by Gasteiger charge is 2.18. The molecule has 0 spiro atoms.